The highest BCUT2D eigenvalue weighted by Gasteiger charge is 2.14. The molecule has 0 fully saturated rings. The van der Waals surface area contributed by atoms with E-state index in [1.807, 2.05) is 47.8 Å². The minimum atomic E-state index is -0.142. The molecule has 4 nitrogen and oxygen atoms in total. The van der Waals surface area contributed by atoms with Crippen LogP contribution in [0.25, 0.3) is 10.9 Å². The number of carbonyl (C=O) groups is 1. The summed E-state index contributed by atoms with van der Waals surface area (Å²) in [5, 5.41) is 5.86. The summed E-state index contributed by atoms with van der Waals surface area (Å²) in [7, 11) is 1.65. The molecule has 2 aromatic heterocycles. The van der Waals surface area contributed by atoms with E-state index >= 15 is 0 Å². The zero-order valence-corrected chi connectivity index (χ0v) is 13.0. The van der Waals surface area contributed by atoms with Gasteiger partial charge in [-0.25, -0.2) is 0 Å². The number of methoxy groups -OCH3 is 1. The van der Waals surface area contributed by atoms with Crippen molar-refractivity contribution < 1.29 is 9.53 Å². The van der Waals surface area contributed by atoms with Gasteiger partial charge in [0, 0.05) is 30.1 Å². The van der Waals surface area contributed by atoms with Crippen LogP contribution in [-0.2, 0) is 4.74 Å². The van der Waals surface area contributed by atoms with Gasteiger partial charge < -0.3 is 10.1 Å². The minimum Gasteiger partial charge on any atom is -0.374 e. The SMILES string of the molecule is COC(CNC(=O)c1cnc2ccccc2c1)c1cccs1. The number of fused-ring (bicyclic) bond motifs is 1. The minimum absolute atomic E-state index is 0.127. The van der Waals surface area contributed by atoms with E-state index in [0.717, 1.165) is 15.8 Å². The normalized spacial score (nSPS) is 12.2. The summed E-state index contributed by atoms with van der Waals surface area (Å²) in [6, 6.07) is 13.6. The van der Waals surface area contributed by atoms with Crippen molar-refractivity contribution in [2.24, 2.45) is 0 Å². The molecule has 5 heteroatoms. The molecule has 1 N–H and O–H groups in total. The topological polar surface area (TPSA) is 51.2 Å². The number of amides is 1. The fraction of sp³-hybridized carbons (Fsp3) is 0.176. The van der Waals surface area contributed by atoms with Crippen molar-refractivity contribution in [3.8, 4) is 0 Å². The highest BCUT2D eigenvalue weighted by molar-refractivity contribution is 7.10. The fourth-order valence-electron chi connectivity index (χ4n) is 2.26. The molecule has 3 aromatic rings. The number of aromatic nitrogens is 1. The number of hydrogen-bond donors (Lipinski definition) is 1. The molecule has 2 heterocycles. The average Bonchev–Trinajstić information content (AvgIpc) is 3.09. The van der Waals surface area contributed by atoms with Gasteiger partial charge in [0.15, 0.2) is 0 Å². The summed E-state index contributed by atoms with van der Waals surface area (Å²) >= 11 is 1.62. The quantitative estimate of drug-likeness (QED) is 0.785. The van der Waals surface area contributed by atoms with Crippen molar-refractivity contribution >= 4 is 28.1 Å². The van der Waals surface area contributed by atoms with Gasteiger partial charge in [0.1, 0.15) is 6.10 Å². The molecule has 22 heavy (non-hydrogen) atoms. The van der Waals surface area contributed by atoms with Crippen molar-refractivity contribution in [3.63, 3.8) is 0 Å². The van der Waals surface area contributed by atoms with E-state index in [9.17, 15) is 4.79 Å². The number of pyridine rings is 1. The van der Waals surface area contributed by atoms with E-state index in [0.29, 0.717) is 12.1 Å². The van der Waals surface area contributed by atoms with Crippen LogP contribution < -0.4 is 5.32 Å². The third-order valence-electron chi connectivity index (χ3n) is 3.45. The van der Waals surface area contributed by atoms with E-state index < -0.39 is 0 Å². The molecule has 0 bridgehead atoms. The second-order valence-electron chi connectivity index (χ2n) is 4.87. The van der Waals surface area contributed by atoms with Crippen molar-refractivity contribution in [2.75, 3.05) is 13.7 Å². The van der Waals surface area contributed by atoms with Gasteiger partial charge in [-0.3, -0.25) is 9.78 Å². The van der Waals surface area contributed by atoms with Gasteiger partial charge in [-0.2, -0.15) is 0 Å². The Kier molecular flexibility index (Phi) is 4.46. The molecule has 0 aliphatic heterocycles. The third-order valence-corrected chi connectivity index (χ3v) is 4.41. The van der Waals surface area contributed by atoms with Crippen LogP contribution in [0.15, 0.2) is 54.0 Å². The van der Waals surface area contributed by atoms with E-state index in [4.69, 9.17) is 4.74 Å². The largest absolute Gasteiger partial charge is 0.374 e. The van der Waals surface area contributed by atoms with Gasteiger partial charge in [-0.05, 0) is 23.6 Å². The van der Waals surface area contributed by atoms with Crippen LogP contribution in [0.1, 0.15) is 21.3 Å². The van der Waals surface area contributed by atoms with Crippen molar-refractivity contribution in [1.82, 2.24) is 10.3 Å². The lowest BCUT2D eigenvalue weighted by Crippen LogP contribution is -2.28. The molecule has 1 unspecified atom stereocenters. The molecule has 0 aliphatic carbocycles. The maximum absolute atomic E-state index is 12.3. The molecule has 1 atom stereocenters. The number of nitrogens with one attached hydrogen (secondary N) is 1. The molecule has 0 aliphatic rings. The van der Waals surface area contributed by atoms with Crippen molar-refractivity contribution in [2.45, 2.75) is 6.10 Å². The zero-order valence-electron chi connectivity index (χ0n) is 12.2. The van der Waals surface area contributed by atoms with E-state index in [2.05, 4.69) is 10.3 Å². The highest BCUT2D eigenvalue weighted by atomic mass is 32.1. The maximum atomic E-state index is 12.3. The number of rotatable bonds is 5. The Morgan fingerprint density at radius 1 is 1.32 bits per heavy atom. The Balaban J connectivity index is 1.70. The van der Waals surface area contributed by atoms with Crippen LogP contribution >= 0.6 is 11.3 Å². The van der Waals surface area contributed by atoms with E-state index in [1.54, 1.807) is 24.6 Å². The maximum Gasteiger partial charge on any atom is 0.252 e. The molecule has 0 spiro atoms. The van der Waals surface area contributed by atoms with Crippen LogP contribution in [0.4, 0.5) is 0 Å². The number of benzene rings is 1. The van der Waals surface area contributed by atoms with Crippen LogP contribution in [0, 0.1) is 0 Å². The predicted octanol–water partition coefficient (Wildman–Crippen LogP) is 3.41. The molecule has 1 amide bonds. The summed E-state index contributed by atoms with van der Waals surface area (Å²) < 4.78 is 5.43. The number of carbonyl (C=O) groups excluding carboxylic acids is 1. The van der Waals surface area contributed by atoms with Crippen LogP contribution in [-0.4, -0.2) is 24.5 Å². The summed E-state index contributed by atoms with van der Waals surface area (Å²) in [5.74, 6) is -0.142. The Bertz CT molecular complexity index is 771. The summed E-state index contributed by atoms with van der Waals surface area (Å²) in [6.07, 6.45) is 1.47. The Morgan fingerprint density at radius 2 is 2.18 bits per heavy atom. The monoisotopic (exact) mass is 312 g/mol. The van der Waals surface area contributed by atoms with Gasteiger partial charge in [0.2, 0.25) is 0 Å². The van der Waals surface area contributed by atoms with Crippen LogP contribution in [0.2, 0.25) is 0 Å². The first-order chi connectivity index (χ1) is 10.8. The van der Waals surface area contributed by atoms with Crippen LogP contribution in [0.3, 0.4) is 0 Å². The lowest BCUT2D eigenvalue weighted by molar-refractivity contribution is 0.0837. The van der Waals surface area contributed by atoms with Gasteiger partial charge in [-0.15, -0.1) is 11.3 Å². The Labute approximate surface area is 132 Å². The molecule has 0 radical (unpaired) electrons. The molecule has 112 valence electrons. The third kappa shape index (κ3) is 3.16. The van der Waals surface area contributed by atoms with Crippen molar-refractivity contribution in [1.29, 1.82) is 0 Å². The lowest BCUT2D eigenvalue weighted by atomic mass is 10.1. The lowest BCUT2D eigenvalue weighted by Gasteiger charge is -2.14. The molecule has 0 saturated heterocycles. The van der Waals surface area contributed by atoms with Gasteiger partial charge >= 0.3 is 0 Å². The predicted molar refractivity (Wildman–Crippen MR) is 88.1 cm³/mol. The molecular formula is C17H16N2O2S. The number of hydrogen-bond acceptors (Lipinski definition) is 4. The van der Waals surface area contributed by atoms with E-state index in [-0.39, 0.29) is 12.0 Å². The number of para-hydroxylation sites is 1. The first kappa shape index (κ1) is 14.7. The Morgan fingerprint density at radius 3 is 2.95 bits per heavy atom. The zero-order chi connectivity index (χ0) is 15.4. The molecule has 0 saturated carbocycles. The average molecular weight is 312 g/mol. The van der Waals surface area contributed by atoms with E-state index in [1.165, 1.54) is 0 Å². The summed E-state index contributed by atoms with van der Waals surface area (Å²) in [4.78, 5) is 17.7. The summed E-state index contributed by atoms with van der Waals surface area (Å²) in [5.41, 5.74) is 1.44. The van der Waals surface area contributed by atoms with Gasteiger partial charge in [-0.1, -0.05) is 24.3 Å². The standard InChI is InChI=1S/C17H16N2O2S/c1-21-15(16-7-4-8-22-16)11-19-17(20)13-9-12-5-2-3-6-14(12)18-10-13/h2-10,15H,11H2,1H3,(H,19,20). The van der Waals surface area contributed by atoms with Gasteiger partial charge in [0.25, 0.3) is 5.91 Å². The number of ether oxygens (including phenoxy) is 1. The smallest absolute Gasteiger partial charge is 0.252 e. The number of nitrogens with zero attached hydrogens (tertiary/aromatic N) is 1. The number of thiophene rings is 1. The molecule has 1 aromatic carbocycles. The molecule has 3 rings (SSSR count). The summed E-state index contributed by atoms with van der Waals surface area (Å²) in [6.45, 7) is 0.433. The van der Waals surface area contributed by atoms with Gasteiger partial charge in [0.05, 0.1) is 11.1 Å². The fourth-order valence-corrected chi connectivity index (χ4v) is 3.06. The second kappa shape index (κ2) is 6.68. The second-order valence-corrected chi connectivity index (χ2v) is 5.85. The van der Waals surface area contributed by atoms with Crippen molar-refractivity contribution in [3.05, 3.63) is 64.5 Å². The Hall–Kier alpha value is -2.24. The first-order valence-corrected chi connectivity index (χ1v) is 7.85. The highest BCUT2D eigenvalue weighted by Crippen LogP contribution is 2.21. The molecular weight excluding hydrogens is 296 g/mol. The van der Waals surface area contributed by atoms with Crippen LogP contribution in [0.5, 0.6) is 0 Å². The first-order valence-electron chi connectivity index (χ1n) is 6.97.